The van der Waals surface area contributed by atoms with Crippen molar-refractivity contribution in [2.45, 2.75) is 102 Å². The van der Waals surface area contributed by atoms with Gasteiger partial charge in [-0.25, -0.2) is 0 Å². The van der Waals surface area contributed by atoms with Crippen LogP contribution in [-0.4, -0.2) is 24.1 Å². The van der Waals surface area contributed by atoms with Gasteiger partial charge in [-0.05, 0) is 112 Å². The van der Waals surface area contributed by atoms with Gasteiger partial charge < -0.3 is 9.47 Å². The standard InChI is InChI=1S/C28H40O4/c29-25(31-19-7-3-1-4-8-19)15-21-22(16-26(30)32-20-9-5-2-6-10-20)24-14-23(21)27-17-11-12-18(13-17)28(24)27/h11-12,17-24,27-28H,1-10,13-16H2. The van der Waals surface area contributed by atoms with E-state index >= 15 is 0 Å². The molecule has 0 aromatic rings. The maximum absolute atomic E-state index is 13.0. The van der Waals surface area contributed by atoms with E-state index in [1.165, 1.54) is 51.4 Å². The molecule has 5 fully saturated rings. The molecule has 0 saturated heterocycles. The van der Waals surface area contributed by atoms with Gasteiger partial charge in [0.1, 0.15) is 12.2 Å². The van der Waals surface area contributed by atoms with Crippen LogP contribution in [-0.2, 0) is 19.1 Å². The van der Waals surface area contributed by atoms with E-state index in [0.717, 1.165) is 37.5 Å². The van der Waals surface area contributed by atoms with Gasteiger partial charge in [0.05, 0.1) is 0 Å². The lowest BCUT2D eigenvalue weighted by Crippen LogP contribution is -2.39. The summed E-state index contributed by atoms with van der Waals surface area (Å²) in [6.45, 7) is 0. The number of hydrogen-bond acceptors (Lipinski definition) is 4. The van der Waals surface area contributed by atoms with Crippen molar-refractivity contribution in [1.29, 1.82) is 0 Å². The minimum atomic E-state index is -0.00431. The van der Waals surface area contributed by atoms with Gasteiger partial charge >= 0.3 is 11.9 Å². The lowest BCUT2D eigenvalue weighted by atomic mass is 9.63. The summed E-state index contributed by atoms with van der Waals surface area (Å²) >= 11 is 0. The lowest BCUT2D eigenvalue weighted by molar-refractivity contribution is -0.157. The largest absolute Gasteiger partial charge is 0.462 e. The van der Waals surface area contributed by atoms with Crippen LogP contribution in [0.4, 0.5) is 0 Å². The van der Waals surface area contributed by atoms with E-state index in [0.29, 0.717) is 48.3 Å². The maximum Gasteiger partial charge on any atom is 0.306 e. The molecule has 0 aromatic carbocycles. The molecule has 6 aliphatic carbocycles. The van der Waals surface area contributed by atoms with E-state index in [-0.39, 0.29) is 24.1 Å². The molecule has 4 bridgehead atoms. The fraction of sp³-hybridized carbons (Fsp3) is 0.857. The molecule has 4 heteroatoms. The van der Waals surface area contributed by atoms with Crippen LogP contribution in [0.25, 0.3) is 0 Å². The number of esters is 2. The molecule has 0 N–H and O–H groups in total. The van der Waals surface area contributed by atoms with Crippen molar-refractivity contribution in [2.75, 3.05) is 0 Å². The number of hydrogen-bond donors (Lipinski definition) is 0. The SMILES string of the molecule is O=C(CC1C(CC(=O)OC2CCCCC2)C2CC1C1C3C=CC(C3)C21)OC1CCCCC1. The fourth-order valence-corrected chi connectivity index (χ4v) is 9.11. The van der Waals surface area contributed by atoms with Crippen LogP contribution in [0, 0.1) is 47.3 Å². The van der Waals surface area contributed by atoms with Gasteiger partial charge in [0.25, 0.3) is 0 Å². The molecule has 176 valence electrons. The highest BCUT2D eigenvalue weighted by atomic mass is 16.5. The van der Waals surface area contributed by atoms with Crippen LogP contribution >= 0.6 is 0 Å². The summed E-state index contributed by atoms with van der Waals surface area (Å²) in [6.07, 6.45) is 20.1. The second-order valence-electron chi connectivity index (χ2n) is 11.9. The Balaban J connectivity index is 1.14. The Labute approximate surface area is 192 Å². The van der Waals surface area contributed by atoms with Gasteiger partial charge in [-0.15, -0.1) is 0 Å². The van der Waals surface area contributed by atoms with Crippen LogP contribution < -0.4 is 0 Å². The summed E-state index contributed by atoms with van der Waals surface area (Å²) in [7, 11) is 0. The third-order valence-corrected chi connectivity index (χ3v) is 10.3. The second-order valence-corrected chi connectivity index (χ2v) is 11.9. The average Bonchev–Trinajstić information content (AvgIpc) is 3.56. The summed E-state index contributed by atoms with van der Waals surface area (Å²) in [5.41, 5.74) is 0. The predicted octanol–water partition coefficient (Wildman–Crippen LogP) is 5.84. The Hall–Kier alpha value is -1.32. The van der Waals surface area contributed by atoms with Gasteiger partial charge in [-0.3, -0.25) is 9.59 Å². The van der Waals surface area contributed by atoms with E-state index in [1.54, 1.807) is 0 Å². The summed E-state index contributed by atoms with van der Waals surface area (Å²) in [5.74, 6) is 4.71. The van der Waals surface area contributed by atoms with Gasteiger partial charge in [0.15, 0.2) is 0 Å². The molecule has 0 aliphatic heterocycles. The summed E-state index contributed by atoms with van der Waals surface area (Å²) in [5, 5.41) is 0. The minimum Gasteiger partial charge on any atom is -0.462 e. The highest BCUT2D eigenvalue weighted by Crippen LogP contribution is 2.69. The zero-order valence-corrected chi connectivity index (χ0v) is 19.5. The van der Waals surface area contributed by atoms with Crippen molar-refractivity contribution < 1.29 is 19.1 Å². The minimum absolute atomic E-state index is 0.00431. The summed E-state index contributed by atoms with van der Waals surface area (Å²) in [6, 6.07) is 0. The third kappa shape index (κ3) is 3.84. The molecular weight excluding hydrogens is 400 g/mol. The van der Waals surface area contributed by atoms with Crippen LogP contribution in [0.1, 0.15) is 89.9 Å². The molecule has 8 atom stereocenters. The van der Waals surface area contributed by atoms with Gasteiger partial charge in [-0.1, -0.05) is 25.0 Å². The Bertz CT molecular complexity index is 687. The highest BCUT2D eigenvalue weighted by Gasteiger charge is 2.64. The topological polar surface area (TPSA) is 52.6 Å². The van der Waals surface area contributed by atoms with E-state index in [9.17, 15) is 9.59 Å². The van der Waals surface area contributed by atoms with Crippen LogP contribution in [0.2, 0.25) is 0 Å². The van der Waals surface area contributed by atoms with Crippen molar-refractivity contribution in [2.24, 2.45) is 47.3 Å². The van der Waals surface area contributed by atoms with Gasteiger partial charge in [0, 0.05) is 12.8 Å². The molecule has 32 heavy (non-hydrogen) atoms. The zero-order valence-electron chi connectivity index (χ0n) is 19.5. The van der Waals surface area contributed by atoms with Crippen LogP contribution in [0.15, 0.2) is 12.2 Å². The highest BCUT2D eigenvalue weighted by molar-refractivity contribution is 5.72. The van der Waals surface area contributed by atoms with Crippen molar-refractivity contribution in [3.63, 3.8) is 0 Å². The summed E-state index contributed by atoms with van der Waals surface area (Å²) < 4.78 is 11.9. The van der Waals surface area contributed by atoms with E-state index in [2.05, 4.69) is 12.2 Å². The van der Waals surface area contributed by atoms with E-state index in [1.807, 2.05) is 0 Å². The second kappa shape index (κ2) is 8.80. The zero-order chi connectivity index (χ0) is 21.7. The first-order valence-corrected chi connectivity index (χ1v) is 13.7. The molecule has 6 rings (SSSR count). The first-order chi connectivity index (χ1) is 15.7. The van der Waals surface area contributed by atoms with E-state index < -0.39 is 0 Å². The Morgan fingerprint density at radius 2 is 1.06 bits per heavy atom. The summed E-state index contributed by atoms with van der Waals surface area (Å²) in [4.78, 5) is 26.0. The number of carbonyl (C=O) groups is 2. The molecule has 5 saturated carbocycles. The molecule has 4 nitrogen and oxygen atoms in total. The molecule has 8 unspecified atom stereocenters. The Morgan fingerprint density at radius 1 is 0.625 bits per heavy atom. The first kappa shape index (κ1) is 21.2. The van der Waals surface area contributed by atoms with Crippen molar-refractivity contribution in [3.05, 3.63) is 12.2 Å². The monoisotopic (exact) mass is 440 g/mol. The Kier molecular flexibility index (Phi) is 5.84. The smallest absolute Gasteiger partial charge is 0.306 e. The molecular formula is C28H40O4. The fourth-order valence-electron chi connectivity index (χ4n) is 9.11. The van der Waals surface area contributed by atoms with Crippen LogP contribution in [0.3, 0.4) is 0 Å². The normalized spacial score (nSPS) is 42.9. The van der Waals surface area contributed by atoms with Crippen molar-refractivity contribution in [3.8, 4) is 0 Å². The number of allylic oxidation sites excluding steroid dienone is 2. The van der Waals surface area contributed by atoms with Crippen molar-refractivity contribution >= 4 is 11.9 Å². The quantitative estimate of drug-likeness (QED) is 0.296. The molecule has 0 spiro atoms. The average molecular weight is 441 g/mol. The molecule has 0 aromatic heterocycles. The van der Waals surface area contributed by atoms with Crippen LogP contribution in [0.5, 0.6) is 0 Å². The van der Waals surface area contributed by atoms with E-state index in [4.69, 9.17) is 9.47 Å². The van der Waals surface area contributed by atoms with Gasteiger partial charge in [-0.2, -0.15) is 0 Å². The van der Waals surface area contributed by atoms with Gasteiger partial charge in [0.2, 0.25) is 0 Å². The number of fused-ring (bicyclic) bond motifs is 9. The number of carbonyl (C=O) groups excluding carboxylic acids is 2. The third-order valence-electron chi connectivity index (χ3n) is 10.3. The molecule has 0 heterocycles. The molecule has 0 radical (unpaired) electrons. The lowest BCUT2D eigenvalue weighted by Gasteiger charge is -2.41. The number of ether oxygens (including phenoxy) is 2. The first-order valence-electron chi connectivity index (χ1n) is 13.7. The maximum atomic E-state index is 13.0. The number of rotatable bonds is 6. The molecule has 6 aliphatic rings. The Morgan fingerprint density at radius 3 is 1.50 bits per heavy atom. The van der Waals surface area contributed by atoms with Crippen molar-refractivity contribution in [1.82, 2.24) is 0 Å². The predicted molar refractivity (Wildman–Crippen MR) is 121 cm³/mol. The molecule has 0 amide bonds.